The lowest BCUT2D eigenvalue weighted by Crippen LogP contribution is -2.37. The van der Waals surface area contributed by atoms with Crippen LogP contribution in [0.15, 0.2) is 30.3 Å². The monoisotopic (exact) mass is 367 g/mol. The third-order valence-corrected chi connectivity index (χ3v) is 6.00. The van der Waals surface area contributed by atoms with Crippen molar-refractivity contribution < 1.29 is 13.2 Å². The van der Waals surface area contributed by atoms with Gasteiger partial charge in [0.2, 0.25) is 15.9 Å². The van der Waals surface area contributed by atoms with Gasteiger partial charge in [-0.2, -0.15) is 0 Å². The normalized spacial score (nSPS) is 19.3. The van der Waals surface area contributed by atoms with Crippen LogP contribution in [0.25, 0.3) is 0 Å². The summed E-state index contributed by atoms with van der Waals surface area (Å²) >= 11 is 0. The van der Waals surface area contributed by atoms with Gasteiger partial charge in [-0.25, -0.2) is 13.1 Å². The molecule has 1 aromatic rings. The lowest BCUT2D eigenvalue weighted by molar-refractivity contribution is -0.122. The van der Waals surface area contributed by atoms with Gasteiger partial charge in [-0.3, -0.25) is 4.79 Å². The molecular weight excluding hydrogens is 338 g/mol. The smallest absolute Gasteiger partial charge is 0.220 e. The van der Waals surface area contributed by atoms with Crippen LogP contribution < -0.4 is 15.4 Å². The van der Waals surface area contributed by atoms with Crippen molar-refractivity contribution >= 4 is 15.9 Å². The molecule has 25 heavy (non-hydrogen) atoms. The Labute approximate surface area is 150 Å². The molecule has 0 saturated carbocycles. The zero-order chi connectivity index (χ0) is 18.1. The van der Waals surface area contributed by atoms with Gasteiger partial charge in [0, 0.05) is 19.5 Å². The van der Waals surface area contributed by atoms with E-state index >= 15 is 0 Å². The van der Waals surface area contributed by atoms with E-state index in [1.165, 1.54) is 0 Å². The number of piperidine rings is 1. The first-order valence-electron chi connectivity index (χ1n) is 8.95. The number of benzene rings is 1. The van der Waals surface area contributed by atoms with Gasteiger partial charge in [0.1, 0.15) is 0 Å². The van der Waals surface area contributed by atoms with Crippen molar-refractivity contribution in [2.24, 2.45) is 11.8 Å². The predicted octanol–water partition coefficient (Wildman–Crippen LogP) is 1.25. The Morgan fingerprint density at radius 1 is 1.32 bits per heavy atom. The molecule has 1 amide bonds. The minimum absolute atomic E-state index is 0.0728. The average molecular weight is 368 g/mol. The van der Waals surface area contributed by atoms with Crippen molar-refractivity contribution in [1.82, 2.24) is 15.4 Å². The third-order valence-electron chi connectivity index (χ3n) is 4.68. The molecule has 1 aromatic carbocycles. The van der Waals surface area contributed by atoms with Gasteiger partial charge in [-0.05, 0) is 43.3 Å². The molecule has 1 aliphatic rings. The Morgan fingerprint density at radius 3 is 2.76 bits per heavy atom. The average Bonchev–Trinajstić information content (AvgIpc) is 2.61. The molecule has 2 rings (SSSR count). The van der Waals surface area contributed by atoms with Crippen LogP contribution in [-0.4, -0.2) is 39.7 Å². The molecule has 1 fully saturated rings. The highest BCUT2D eigenvalue weighted by molar-refractivity contribution is 7.89. The van der Waals surface area contributed by atoms with E-state index in [0.717, 1.165) is 31.5 Å². The number of hydrogen-bond donors (Lipinski definition) is 3. The van der Waals surface area contributed by atoms with Gasteiger partial charge < -0.3 is 10.6 Å². The van der Waals surface area contributed by atoms with Gasteiger partial charge >= 0.3 is 0 Å². The fraction of sp³-hybridized carbons (Fsp3) is 0.611. The van der Waals surface area contributed by atoms with Crippen LogP contribution >= 0.6 is 0 Å². The molecule has 0 aliphatic carbocycles. The van der Waals surface area contributed by atoms with Crippen LogP contribution in [-0.2, 0) is 21.4 Å². The first-order valence-corrected chi connectivity index (χ1v) is 10.6. The number of amides is 1. The Morgan fingerprint density at radius 2 is 2.08 bits per heavy atom. The van der Waals surface area contributed by atoms with E-state index in [1.807, 2.05) is 30.3 Å². The highest BCUT2D eigenvalue weighted by atomic mass is 32.2. The van der Waals surface area contributed by atoms with Crippen LogP contribution in [0.2, 0.25) is 0 Å². The molecule has 2 atom stereocenters. The lowest BCUT2D eigenvalue weighted by Gasteiger charge is -2.28. The molecule has 7 heteroatoms. The van der Waals surface area contributed by atoms with Crippen molar-refractivity contribution in [3.8, 4) is 0 Å². The number of nitrogens with one attached hydrogen (secondary N) is 3. The maximum absolute atomic E-state index is 12.0. The maximum atomic E-state index is 12.0. The lowest BCUT2D eigenvalue weighted by atomic mass is 9.85. The van der Waals surface area contributed by atoms with Crippen molar-refractivity contribution in [1.29, 1.82) is 0 Å². The summed E-state index contributed by atoms with van der Waals surface area (Å²) in [6, 6.07) is 9.36. The van der Waals surface area contributed by atoms with Crippen molar-refractivity contribution in [3.05, 3.63) is 35.9 Å². The Kier molecular flexibility index (Phi) is 7.87. The van der Waals surface area contributed by atoms with E-state index in [0.29, 0.717) is 18.3 Å². The standard InChI is InChI=1S/C18H29N3O3S/c1-15(17-8-5-9-19-14-17)12-18(22)20-10-11-25(23,24)21-13-16-6-3-2-4-7-16/h2-4,6-7,15,17,19,21H,5,8-14H2,1H3,(H,20,22). The van der Waals surface area contributed by atoms with Crippen LogP contribution in [0.4, 0.5) is 0 Å². The molecule has 140 valence electrons. The topological polar surface area (TPSA) is 87.3 Å². The minimum atomic E-state index is -3.40. The molecule has 0 aromatic heterocycles. The van der Waals surface area contributed by atoms with E-state index in [2.05, 4.69) is 22.3 Å². The Balaban J connectivity index is 1.65. The van der Waals surface area contributed by atoms with Crippen LogP contribution in [0.3, 0.4) is 0 Å². The number of sulfonamides is 1. The third kappa shape index (κ3) is 7.54. The number of hydrogen-bond acceptors (Lipinski definition) is 4. The Hall–Kier alpha value is -1.44. The van der Waals surface area contributed by atoms with Gasteiger partial charge in [0.25, 0.3) is 0 Å². The maximum Gasteiger partial charge on any atom is 0.220 e. The van der Waals surface area contributed by atoms with E-state index < -0.39 is 10.0 Å². The molecule has 6 nitrogen and oxygen atoms in total. The molecule has 0 bridgehead atoms. The van der Waals surface area contributed by atoms with Gasteiger partial charge in [-0.15, -0.1) is 0 Å². The quantitative estimate of drug-likeness (QED) is 0.613. The van der Waals surface area contributed by atoms with Gasteiger partial charge in [0.05, 0.1) is 5.75 Å². The summed E-state index contributed by atoms with van der Waals surface area (Å²) in [5, 5.41) is 6.09. The SMILES string of the molecule is CC(CC(=O)NCCS(=O)(=O)NCc1ccccc1)C1CCCNC1. The number of carbonyl (C=O) groups is 1. The van der Waals surface area contributed by atoms with E-state index in [9.17, 15) is 13.2 Å². The number of rotatable bonds is 9. The van der Waals surface area contributed by atoms with E-state index in [-0.39, 0.29) is 24.7 Å². The molecule has 1 saturated heterocycles. The summed E-state index contributed by atoms with van der Waals surface area (Å²) in [6.07, 6.45) is 2.75. The second-order valence-electron chi connectivity index (χ2n) is 6.76. The second kappa shape index (κ2) is 9.89. The first kappa shape index (κ1) is 19.9. The van der Waals surface area contributed by atoms with Crippen LogP contribution in [0.5, 0.6) is 0 Å². The molecular formula is C18H29N3O3S. The molecule has 0 spiro atoms. The Bertz CT molecular complexity index is 628. The summed E-state index contributed by atoms with van der Waals surface area (Å²) in [7, 11) is -3.40. The molecule has 1 heterocycles. The van der Waals surface area contributed by atoms with Gasteiger partial charge in [-0.1, -0.05) is 37.3 Å². The zero-order valence-electron chi connectivity index (χ0n) is 14.8. The summed E-state index contributed by atoms with van der Waals surface area (Å²) in [5.41, 5.74) is 0.907. The molecule has 0 radical (unpaired) electrons. The molecule has 1 aliphatic heterocycles. The fourth-order valence-electron chi connectivity index (χ4n) is 3.08. The zero-order valence-corrected chi connectivity index (χ0v) is 15.6. The first-order chi connectivity index (χ1) is 12.0. The van der Waals surface area contributed by atoms with Crippen molar-refractivity contribution in [2.45, 2.75) is 32.7 Å². The minimum Gasteiger partial charge on any atom is -0.355 e. The van der Waals surface area contributed by atoms with Crippen molar-refractivity contribution in [2.75, 3.05) is 25.4 Å². The predicted molar refractivity (Wildman–Crippen MR) is 99.5 cm³/mol. The summed E-state index contributed by atoms with van der Waals surface area (Å²) in [4.78, 5) is 12.0. The molecule has 2 unspecified atom stereocenters. The van der Waals surface area contributed by atoms with Crippen molar-refractivity contribution in [3.63, 3.8) is 0 Å². The fourth-order valence-corrected chi connectivity index (χ4v) is 3.98. The van der Waals surface area contributed by atoms with Crippen LogP contribution in [0, 0.1) is 11.8 Å². The summed E-state index contributed by atoms with van der Waals surface area (Å²) in [6.45, 7) is 4.52. The second-order valence-corrected chi connectivity index (χ2v) is 8.69. The van der Waals surface area contributed by atoms with E-state index in [4.69, 9.17) is 0 Å². The highest BCUT2D eigenvalue weighted by Gasteiger charge is 2.22. The highest BCUT2D eigenvalue weighted by Crippen LogP contribution is 2.22. The van der Waals surface area contributed by atoms with Crippen LogP contribution in [0.1, 0.15) is 31.7 Å². The summed E-state index contributed by atoms with van der Waals surface area (Å²) in [5.74, 6) is 0.651. The largest absolute Gasteiger partial charge is 0.355 e. The number of carbonyl (C=O) groups excluding carboxylic acids is 1. The van der Waals surface area contributed by atoms with E-state index in [1.54, 1.807) is 0 Å². The van der Waals surface area contributed by atoms with Gasteiger partial charge in [0.15, 0.2) is 0 Å². The summed E-state index contributed by atoms with van der Waals surface area (Å²) < 4.78 is 26.5. The molecule has 3 N–H and O–H groups in total.